The maximum Gasteiger partial charge on any atom is 0.405 e. The second kappa shape index (κ2) is 6.94. The molecular weight excluding hydrogens is 247 g/mol. The third kappa shape index (κ3) is 4.81. The molecule has 2 unspecified atom stereocenters. The van der Waals surface area contributed by atoms with Crippen molar-refractivity contribution >= 4 is 5.91 Å². The van der Waals surface area contributed by atoms with E-state index in [-0.39, 0.29) is 12.5 Å². The molecule has 0 saturated heterocycles. The zero-order valence-electron chi connectivity index (χ0n) is 11.3. The second-order valence-corrected chi connectivity index (χ2v) is 4.33. The molecule has 0 spiro atoms. The lowest BCUT2D eigenvalue weighted by Crippen LogP contribution is -2.55. The van der Waals surface area contributed by atoms with Gasteiger partial charge in [-0.2, -0.15) is 13.2 Å². The standard InChI is InChI=1S/C11H22F3N3O/c1-5-17(6-2)9(18)7-16(4)10(8(3)15)11(12,13)14/h8,10H,5-7,15H2,1-4H3. The van der Waals surface area contributed by atoms with Crippen LogP contribution in [0.4, 0.5) is 13.2 Å². The van der Waals surface area contributed by atoms with E-state index in [2.05, 4.69) is 0 Å². The van der Waals surface area contributed by atoms with Crippen molar-refractivity contribution in [3.63, 3.8) is 0 Å². The number of hydrogen-bond donors (Lipinski definition) is 1. The first-order valence-electron chi connectivity index (χ1n) is 5.95. The minimum atomic E-state index is -4.44. The quantitative estimate of drug-likeness (QED) is 0.784. The number of carbonyl (C=O) groups excluding carboxylic acids is 1. The predicted octanol–water partition coefficient (Wildman–Crippen LogP) is 1.06. The highest BCUT2D eigenvalue weighted by molar-refractivity contribution is 5.78. The summed E-state index contributed by atoms with van der Waals surface area (Å²) < 4.78 is 38.4. The Morgan fingerprint density at radius 2 is 1.72 bits per heavy atom. The van der Waals surface area contributed by atoms with Crippen molar-refractivity contribution in [3.05, 3.63) is 0 Å². The van der Waals surface area contributed by atoms with Crippen molar-refractivity contribution in [3.8, 4) is 0 Å². The molecule has 7 heteroatoms. The van der Waals surface area contributed by atoms with E-state index in [4.69, 9.17) is 5.73 Å². The van der Waals surface area contributed by atoms with Crippen LogP contribution in [-0.4, -0.2) is 60.6 Å². The van der Waals surface area contributed by atoms with E-state index in [9.17, 15) is 18.0 Å². The largest absolute Gasteiger partial charge is 0.405 e. The van der Waals surface area contributed by atoms with Gasteiger partial charge in [0.2, 0.25) is 5.91 Å². The minimum Gasteiger partial charge on any atom is -0.342 e. The highest BCUT2D eigenvalue weighted by Gasteiger charge is 2.45. The van der Waals surface area contributed by atoms with E-state index >= 15 is 0 Å². The minimum absolute atomic E-state index is 0.284. The van der Waals surface area contributed by atoms with Crippen LogP contribution in [0, 0.1) is 0 Å². The Kier molecular flexibility index (Phi) is 6.62. The molecule has 0 aliphatic rings. The summed E-state index contributed by atoms with van der Waals surface area (Å²) in [4.78, 5) is 14.2. The summed E-state index contributed by atoms with van der Waals surface area (Å²) in [5.41, 5.74) is 5.35. The number of nitrogens with zero attached hydrogens (tertiary/aromatic N) is 2. The molecule has 0 aromatic carbocycles. The van der Waals surface area contributed by atoms with E-state index < -0.39 is 18.3 Å². The Labute approximate surface area is 106 Å². The summed E-state index contributed by atoms with van der Waals surface area (Å²) >= 11 is 0. The smallest absolute Gasteiger partial charge is 0.342 e. The lowest BCUT2D eigenvalue weighted by Gasteiger charge is -2.33. The number of amides is 1. The highest BCUT2D eigenvalue weighted by Crippen LogP contribution is 2.25. The van der Waals surface area contributed by atoms with Gasteiger partial charge < -0.3 is 10.6 Å². The predicted molar refractivity (Wildman–Crippen MR) is 64.1 cm³/mol. The summed E-state index contributed by atoms with van der Waals surface area (Å²) in [6.45, 7) is 5.54. The van der Waals surface area contributed by atoms with Gasteiger partial charge in [-0.3, -0.25) is 9.69 Å². The van der Waals surface area contributed by atoms with E-state index in [0.717, 1.165) is 4.90 Å². The molecule has 0 aliphatic heterocycles. The SMILES string of the molecule is CCN(CC)C(=O)CN(C)C(C(C)N)C(F)(F)F. The Morgan fingerprint density at radius 1 is 1.28 bits per heavy atom. The van der Waals surface area contributed by atoms with Crippen LogP contribution in [0.3, 0.4) is 0 Å². The van der Waals surface area contributed by atoms with Gasteiger partial charge in [0.1, 0.15) is 6.04 Å². The van der Waals surface area contributed by atoms with Crippen LogP contribution in [0.2, 0.25) is 0 Å². The van der Waals surface area contributed by atoms with Crippen LogP contribution in [-0.2, 0) is 4.79 Å². The fourth-order valence-electron chi connectivity index (χ4n) is 1.94. The molecule has 1 amide bonds. The normalized spacial score (nSPS) is 15.6. The molecule has 18 heavy (non-hydrogen) atoms. The van der Waals surface area contributed by atoms with Crippen LogP contribution >= 0.6 is 0 Å². The van der Waals surface area contributed by atoms with Gasteiger partial charge >= 0.3 is 6.18 Å². The van der Waals surface area contributed by atoms with Crippen LogP contribution < -0.4 is 5.73 Å². The lowest BCUT2D eigenvalue weighted by atomic mass is 10.1. The molecule has 4 nitrogen and oxygen atoms in total. The van der Waals surface area contributed by atoms with Crippen molar-refractivity contribution in [2.75, 3.05) is 26.7 Å². The molecule has 0 saturated carbocycles. The topological polar surface area (TPSA) is 49.6 Å². The van der Waals surface area contributed by atoms with E-state index in [0.29, 0.717) is 13.1 Å². The summed E-state index contributed by atoms with van der Waals surface area (Å²) in [6.07, 6.45) is -4.44. The first kappa shape index (κ1) is 17.2. The molecule has 0 aromatic heterocycles. The molecule has 2 N–H and O–H groups in total. The first-order chi connectivity index (χ1) is 8.15. The molecule has 0 aliphatic carbocycles. The number of alkyl halides is 3. The fraction of sp³-hybridized carbons (Fsp3) is 0.909. The molecule has 0 heterocycles. The maximum absolute atomic E-state index is 12.8. The zero-order chi connectivity index (χ0) is 14.5. The Balaban J connectivity index is 4.72. The third-order valence-electron chi connectivity index (χ3n) is 2.81. The first-order valence-corrected chi connectivity index (χ1v) is 5.95. The van der Waals surface area contributed by atoms with E-state index in [1.165, 1.54) is 18.9 Å². The number of carbonyl (C=O) groups is 1. The Morgan fingerprint density at radius 3 is 2.00 bits per heavy atom. The van der Waals surface area contributed by atoms with Gasteiger partial charge in [-0.25, -0.2) is 0 Å². The van der Waals surface area contributed by atoms with E-state index in [1.54, 1.807) is 13.8 Å². The van der Waals surface area contributed by atoms with Crippen LogP contribution in [0.25, 0.3) is 0 Å². The monoisotopic (exact) mass is 269 g/mol. The molecule has 0 rings (SSSR count). The number of nitrogens with two attached hydrogens (primary N) is 1. The van der Waals surface area contributed by atoms with E-state index in [1.807, 2.05) is 0 Å². The maximum atomic E-state index is 12.8. The molecule has 0 bridgehead atoms. The van der Waals surface area contributed by atoms with Gasteiger partial charge in [0, 0.05) is 19.1 Å². The number of halogens is 3. The van der Waals surface area contributed by atoms with Gasteiger partial charge in [-0.1, -0.05) is 0 Å². The van der Waals surface area contributed by atoms with Crippen LogP contribution in [0.15, 0.2) is 0 Å². The third-order valence-corrected chi connectivity index (χ3v) is 2.81. The van der Waals surface area contributed by atoms with Crippen LogP contribution in [0.1, 0.15) is 20.8 Å². The fourth-order valence-corrected chi connectivity index (χ4v) is 1.94. The zero-order valence-corrected chi connectivity index (χ0v) is 11.3. The molecule has 2 atom stereocenters. The molecular formula is C11H22F3N3O. The number of rotatable bonds is 6. The lowest BCUT2D eigenvalue weighted by molar-refractivity contribution is -0.185. The van der Waals surface area contributed by atoms with Gasteiger partial charge in [0.25, 0.3) is 0 Å². The summed E-state index contributed by atoms with van der Waals surface area (Å²) in [5.74, 6) is -0.322. The molecule has 0 radical (unpaired) electrons. The van der Waals surface area contributed by atoms with Crippen LogP contribution in [0.5, 0.6) is 0 Å². The molecule has 0 aromatic rings. The summed E-state index contributed by atoms with van der Waals surface area (Å²) in [5, 5.41) is 0. The van der Waals surface area contributed by atoms with Crippen molar-refractivity contribution < 1.29 is 18.0 Å². The van der Waals surface area contributed by atoms with Crippen molar-refractivity contribution in [1.29, 1.82) is 0 Å². The van der Waals surface area contributed by atoms with Gasteiger partial charge in [-0.05, 0) is 27.8 Å². The van der Waals surface area contributed by atoms with Crippen molar-refractivity contribution in [2.45, 2.75) is 39.0 Å². The molecule has 108 valence electrons. The Hall–Kier alpha value is -0.820. The van der Waals surface area contributed by atoms with Crippen molar-refractivity contribution in [2.24, 2.45) is 5.73 Å². The van der Waals surface area contributed by atoms with Gasteiger partial charge in [-0.15, -0.1) is 0 Å². The summed E-state index contributed by atoms with van der Waals surface area (Å²) in [7, 11) is 1.27. The highest BCUT2D eigenvalue weighted by atomic mass is 19.4. The second-order valence-electron chi connectivity index (χ2n) is 4.33. The van der Waals surface area contributed by atoms with Gasteiger partial charge in [0.05, 0.1) is 6.54 Å². The number of likely N-dealkylation sites (N-methyl/N-ethyl adjacent to an activating group) is 2. The average Bonchev–Trinajstić information content (AvgIpc) is 2.15. The summed E-state index contributed by atoms with van der Waals surface area (Å²) in [6, 6.07) is -2.89. The average molecular weight is 269 g/mol. The molecule has 0 fully saturated rings. The number of hydrogen-bond acceptors (Lipinski definition) is 3. The Bertz CT molecular complexity index is 265. The van der Waals surface area contributed by atoms with Crippen molar-refractivity contribution in [1.82, 2.24) is 9.80 Å². The van der Waals surface area contributed by atoms with Gasteiger partial charge in [0.15, 0.2) is 0 Å².